The number of amides is 1. The number of hydrogen-bond donors (Lipinski definition) is 1. The van der Waals surface area contributed by atoms with E-state index in [1.54, 1.807) is 49.4 Å². The molecule has 0 atom stereocenters. The molecule has 0 aromatic heterocycles. The minimum absolute atomic E-state index is 0.107. The highest BCUT2D eigenvalue weighted by Crippen LogP contribution is 2.33. The van der Waals surface area contributed by atoms with E-state index in [1.165, 1.54) is 30.3 Å². The molecule has 0 saturated carbocycles. The van der Waals surface area contributed by atoms with Gasteiger partial charge in [0.1, 0.15) is 12.3 Å². The molecule has 0 heterocycles. The van der Waals surface area contributed by atoms with E-state index in [4.69, 9.17) is 4.74 Å². The Hall–Kier alpha value is -4.31. The number of anilines is 2. The first-order valence-electron chi connectivity index (χ1n) is 12.8. The third-order valence-corrected chi connectivity index (χ3v) is 8.30. The fourth-order valence-corrected chi connectivity index (χ4v) is 5.78. The van der Waals surface area contributed by atoms with E-state index in [-0.39, 0.29) is 4.90 Å². The molecular weight excluding hydrogens is 553 g/mol. The van der Waals surface area contributed by atoms with Gasteiger partial charge in [-0.15, -0.1) is 0 Å². The van der Waals surface area contributed by atoms with Crippen molar-refractivity contribution < 1.29 is 31.1 Å². The number of aryl methyl sites for hydroxylation is 1. The maximum Gasteiger partial charge on any atom is 0.416 e. The van der Waals surface area contributed by atoms with Gasteiger partial charge in [0, 0.05) is 5.69 Å². The van der Waals surface area contributed by atoms with Gasteiger partial charge < -0.3 is 10.1 Å². The summed E-state index contributed by atoms with van der Waals surface area (Å²) >= 11 is 0. The molecule has 0 radical (unpaired) electrons. The number of ether oxygens (including phenoxy) is 1. The number of rotatable bonds is 9. The van der Waals surface area contributed by atoms with Crippen LogP contribution in [0.1, 0.15) is 23.6 Å². The topological polar surface area (TPSA) is 75.7 Å². The summed E-state index contributed by atoms with van der Waals surface area (Å²) in [4.78, 5) is 13.0. The quantitative estimate of drug-likeness (QED) is 0.226. The lowest BCUT2D eigenvalue weighted by Crippen LogP contribution is -2.38. The molecular formula is C31H29F3N2O4S. The summed E-state index contributed by atoms with van der Waals surface area (Å²) in [6, 6.07) is 22.3. The van der Waals surface area contributed by atoms with E-state index in [0.717, 1.165) is 22.0 Å². The molecule has 0 fully saturated rings. The number of sulfonamides is 1. The molecule has 4 rings (SSSR count). The Bertz CT molecular complexity index is 1640. The minimum Gasteiger partial charge on any atom is -0.494 e. The Morgan fingerprint density at radius 1 is 0.878 bits per heavy atom. The molecule has 6 nitrogen and oxygen atoms in total. The van der Waals surface area contributed by atoms with Gasteiger partial charge in [-0.05, 0) is 97.6 Å². The highest BCUT2D eigenvalue weighted by Gasteiger charge is 2.31. The van der Waals surface area contributed by atoms with Gasteiger partial charge in [-0.2, -0.15) is 13.2 Å². The van der Waals surface area contributed by atoms with Crippen LogP contribution in [0.25, 0.3) is 11.1 Å². The van der Waals surface area contributed by atoms with Crippen LogP contribution < -0.4 is 14.4 Å². The molecule has 214 valence electrons. The molecule has 1 amide bonds. The third-order valence-electron chi connectivity index (χ3n) is 6.55. The molecule has 10 heteroatoms. The van der Waals surface area contributed by atoms with Gasteiger partial charge in [-0.3, -0.25) is 9.10 Å². The lowest BCUT2D eigenvalue weighted by Gasteiger charge is -2.26. The molecule has 4 aromatic carbocycles. The van der Waals surface area contributed by atoms with Crippen LogP contribution in [-0.4, -0.2) is 27.5 Å². The van der Waals surface area contributed by atoms with Gasteiger partial charge in [-0.25, -0.2) is 8.42 Å². The van der Waals surface area contributed by atoms with Crippen LogP contribution in [0, 0.1) is 13.8 Å². The Morgan fingerprint density at radius 3 is 2.17 bits per heavy atom. The average molecular weight is 583 g/mol. The summed E-state index contributed by atoms with van der Waals surface area (Å²) in [6.45, 7) is 5.46. The smallest absolute Gasteiger partial charge is 0.416 e. The summed E-state index contributed by atoms with van der Waals surface area (Å²) in [7, 11) is -4.28. The van der Waals surface area contributed by atoms with Crippen molar-refractivity contribution in [2.24, 2.45) is 0 Å². The zero-order valence-corrected chi connectivity index (χ0v) is 23.5. The van der Waals surface area contributed by atoms with Crippen LogP contribution in [0.2, 0.25) is 0 Å². The van der Waals surface area contributed by atoms with E-state index in [2.05, 4.69) is 5.32 Å². The number of alkyl halides is 3. The SMILES string of the molecule is CCOc1ccc(NC(=O)CN(c2cccc(C)c2C)S(=O)(=O)c2cccc(-c3ccc(C(F)(F)F)cc3)c2)cc1. The van der Waals surface area contributed by atoms with E-state index in [9.17, 15) is 26.4 Å². The van der Waals surface area contributed by atoms with Gasteiger partial charge in [0.25, 0.3) is 10.0 Å². The molecule has 4 aromatic rings. The summed E-state index contributed by atoms with van der Waals surface area (Å²) in [6.07, 6.45) is -4.48. The van der Waals surface area contributed by atoms with Crippen molar-refractivity contribution in [3.05, 3.63) is 108 Å². The molecule has 0 aliphatic heterocycles. The maximum atomic E-state index is 14.1. The number of carbonyl (C=O) groups is 1. The van der Waals surface area contributed by atoms with Crippen LogP contribution in [0.4, 0.5) is 24.5 Å². The summed E-state index contributed by atoms with van der Waals surface area (Å²) in [5.41, 5.74) is 2.37. The van der Waals surface area contributed by atoms with Crippen molar-refractivity contribution in [1.29, 1.82) is 0 Å². The predicted octanol–water partition coefficient (Wildman–Crippen LogP) is 7.22. The van der Waals surface area contributed by atoms with Gasteiger partial charge in [0.05, 0.1) is 22.8 Å². The van der Waals surface area contributed by atoms with E-state index >= 15 is 0 Å². The monoisotopic (exact) mass is 582 g/mol. The second-order valence-corrected chi connectivity index (χ2v) is 11.2. The van der Waals surface area contributed by atoms with Gasteiger partial charge in [0.15, 0.2) is 0 Å². The minimum atomic E-state index is -4.48. The Labute approximate surface area is 237 Å². The number of nitrogens with zero attached hydrogens (tertiary/aromatic N) is 1. The Kier molecular flexibility index (Phi) is 8.72. The second kappa shape index (κ2) is 12.1. The number of nitrogens with one attached hydrogen (secondary N) is 1. The molecule has 0 saturated heterocycles. The van der Waals surface area contributed by atoms with Gasteiger partial charge in [0.2, 0.25) is 5.91 Å². The van der Waals surface area contributed by atoms with Crippen molar-refractivity contribution >= 4 is 27.3 Å². The largest absolute Gasteiger partial charge is 0.494 e. The van der Waals surface area contributed by atoms with Crippen LogP contribution >= 0.6 is 0 Å². The van der Waals surface area contributed by atoms with Crippen molar-refractivity contribution in [2.75, 3.05) is 22.8 Å². The fourth-order valence-electron chi connectivity index (χ4n) is 4.25. The van der Waals surface area contributed by atoms with E-state index < -0.39 is 34.2 Å². The summed E-state index contributed by atoms with van der Waals surface area (Å²) < 4.78 is 73.6. The number of hydrogen-bond acceptors (Lipinski definition) is 4. The molecule has 1 N–H and O–H groups in total. The summed E-state index contributed by atoms with van der Waals surface area (Å²) in [5.74, 6) is 0.0792. The predicted molar refractivity (Wildman–Crippen MR) is 154 cm³/mol. The highest BCUT2D eigenvalue weighted by atomic mass is 32.2. The lowest BCUT2D eigenvalue weighted by molar-refractivity contribution is -0.137. The number of halogens is 3. The molecule has 0 aliphatic rings. The molecule has 0 spiro atoms. The molecule has 0 aliphatic carbocycles. The number of carbonyl (C=O) groups excluding carboxylic acids is 1. The molecule has 0 unspecified atom stereocenters. The van der Waals surface area contributed by atoms with Crippen molar-refractivity contribution in [3.63, 3.8) is 0 Å². The Balaban J connectivity index is 1.68. The first-order chi connectivity index (χ1) is 19.4. The first-order valence-corrected chi connectivity index (χ1v) is 14.2. The molecule has 0 bridgehead atoms. The highest BCUT2D eigenvalue weighted by molar-refractivity contribution is 7.92. The average Bonchev–Trinajstić information content (AvgIpc) is 2.94. The molecule has 41 heavy (non-hydrogen) atoms. The third kappa shape index (κ3) is 6.89. The maximum absolute atomic E-state index is 14.1. The van der Waals surface area contributed by atoms with Crippen LogP contribution in [0.15, 0.2) is 95.9 Å². The van der Waals surface area contributed by atoms with Crippen LogP contribution in [-0.2, 0) is 21.0 Å². The number of benzene rings is 4. The van der Waals surface area contributed by atoms with Crippen LogP contribution in [0.3, 0.4) is 0 Å². The zero-order valence-electron chi connectivity index (χ0n) is 22.7. The summed E-state index contributed by atoms with van der Waals surface area (Å²) in [5, 5.41) is 2.73. The lowest BCUT2D eigenvalue weighted by atomic mass is 10.0. The van der Waals surface area contributed by atoms with Gasteiger partial charge in [-0.1, -0.05) is 36.4 Å². The second-order valence-electron chi connectivity index (χ2n) is 9.34. The van der Waals surface area contributed by atoms with Gasteiger partial charge >= 0.3 is 6.18 Å². The van der Waals surface area contributed by atoms with Crippen molar-refractivity contribution in [3.8, 4) is 16.9 Å². The Morgan fingerprint density at radius 2 is 1.54 bits per heavy atom. The standard InChI is InChI=1S/C31H29F3N2O4S/c1-4-40-27-17-15-26(16-18-27)35-30(37)20-36(29-10-5-7-21(2)22(29)3)41(38,39)28-9-6-8-24(19-28)23-11-13-25(14-12-23)31(32,33)34/h5-19H,4,20H2,1-3H3,(H,35,37). The van der Waals surface area contributed by atoms with Crippen molar-refractivity contribution in [2.45, 2.75) is 31.8 Å². The van der Waals surface area contributed by atoms with Crippen LogP contribution in [0.5, 0.6) is 5.75 Å². The first kappa shape index (κ1) is 29.7. The van der Waals surface area contributed by atoms with E-state index in [1.807, 2.05) is 19.9 Å². The fraction of sp³-hybridized carbons (Fsp3) is 0.194. The zero-order chi connectivity index (χ0) is 29.8. The van der Waals surface area contributed by atoms with E-state index in [0.29, 0.717) is 40.4 Å². The van der Waals surface area contributed by atoms with Crippen molar-refractivity contribution in [1.82, 2.24) is 0 Å². The normalized spacial score (nSPS) is 11.7.